The molecule has 0 bridgehead atoms. The summed E-state index contributed by atoms with van der Waals surface area (Å²) in [4.78, 5) is 34.6. The number of hydrogen-bond donors (Lipinski definition) is 1. The molecule has 2 heterocycles. The van der Waals surface area contributed by atoms with Crippen LogP contribution in [0.2, 0.25) is 0 Å². The summed E-state index contributed by atoms with van der Waals surface area (Å²) >= 11 is 0. The van der Waals surface area contributed by atoms with Gasteiger partial charge in [-0.2, -0.15) is 0 Å². The lowest BCUT2D eigenvalue weighted by molar-refractivity contribution is -0.129. The van der Waals surface area contributed by atoms with Crippen molar-refractivity contribution in [2.24, 2.45) is 0 Å². The number of benzene rings is 1. The second-order valence-corrected chi connectivity index (χ2v) is 7.07. The van der Waals surface area contributed by atoms with Crippen molar-refractivity contribution in [2.45, 2.75) is 20.8 Å². The third-order valence-electron chi connectivity index (χ3n) is 5.31. The molecule has 1 aromatic heterocycles. The third-order valence-corrected chi connectivity index (χ3v) is 5.31. The summed E-state index contributed by atoms with van der Waals surface area (Å²) in [5.41, 5.74) is 2.42. The molecular weight excluding hydrogens is 366 g/mol. The molecule has 2 aromatic rings. The van der Waals surface area contributed by atoms with E-state index in [0.717, 1.165) is 43.4 Å². The number of amides is 2. The first kappa shape index (κ1) is 20.6. The lowest BCUT2D eigenvalue weighted by atomic mass is 10.2. The molecule has 1 aliphatic heterocycles. The van der Waals surface area contributed by atoms with Gasteiger partial charge in [0.05, 0.1) is 5.56 Å². The molecule has 0 spiro atoms. The van der Waals surface area contributed by atoms with Crippen LogP contribution < -0.4 is 15.1 Å². The molecule has 154 valence electrons. The Hall–Kier alpha value is -3.09. The monoisotopic (exact) mass is 395 g/mol. The first-order valence-corrected chi connectivity index (χ1v) is 10.1. The van der Waals surface area contributed by atoms with Crippen LogP contribution in [-0.2, 0) is 4.79 Å². The van der Waals surface area contributed by atoms with Gasteiger partial charge < -0.3 is 20.0 Å². The molecule has 29 heavy (non-hydrogen) atoms. The maximum absolute atomic E-state index is 12.5. The SMILES string of the molecule is CCN(CC)c1ccc(NC(=O)c2ccc(N3CCN(C(C)=O)CC3)nc2)cc1. The number of nitrogens with zero attached hydrogens (tertiary/aromatic N) is 4. The Balaban J connectivity index is 1.58. The molecule has 1 aromatic carbocycles. The van der Waals surface area contributed by atoms with Crippen molar-refractivity contribution in [3.8, 4) is 0 Å². The molecule has 3 rings (SSSR count). The quantitative estimate of drug-likeness (QED) is 0.815. The Morgan fingerprint density at radius 3 is 2.17 bits per heavy atom. The van der Waals surface area contributed by atoms with Gasteiger partial charge in [-0.15, -0.1) is 0 Å². The molecule has 2 amide bonds. The van der Waals surface area contributed by atoms with Crippen LogP contribution in [-0.4, -0.2) is 61.0 Å². The van der Waals surface area contributed by atoms with Gasteiger partial charge in [-0.05, 0) is 50.2 Å². The summed E-state index contributed by atoms with van der Waals surface area (Å²) in [5.74, 6) is 0.754. The standard InChI is InChI=1S/C22H29N5O2/c1-4-25(5-2)20-9-7-19(8-10-20)24-22(29)18-6-11-21(23-16-18)27-14-12-26(13-15-27)17(3)28/h6-11,16H,4-5,12-15H2,1-3H3,(H,24,29). The van der Waals surface area contributed by atoms with Crippen LogP contribution in [0.15, 0.2) is 42.6 Å². The Morgan fingerprint density at radius 2 is 1.66 bits per heavy atom. The Bertz CT molecular complexity index is 823. The fraction of sp³-hybridized carbons (Fsp3) is 0.409. The number of carbonyl (C=O) groups is 2. The van der Waals surface area contributed by atoms with E-state index < -0.39 is 0 Å². The molecule has 1 N–H and O–H groups in total. The van der Waals surface area contributed by atoms with E-state index in [2.05, 4.69) is 33.9 Å². The van der Waals surface area contributed by atoms with E-state index in [1.165, 1.54) is 0 Å². The van der Waals surface area contributed by atoms with Crippen LogP contribution in [0.25, 0.3) is 0 Å². The van der Waals surface area contributed by atoms with Crippen molar-refractivity contribution in [3.63, 3.8) is 0 Å². The fourth-order valence-electron chi connectivity index (χ4n) is 3.51. The van der Waals surface area contributed by atoms with Crippen LogP contribution in [0, 0.1) is 0 Å². The minimum absolute atomic E-state index is 0.106. The number of hydrogen-bond acceptors (Lipinski definition) is 5. The topological polar surface area (TPSA) is 68.8 Å². The summed E-state index contributed by atoms with van der Waals surface area (Å²) in [7, 11) is 0. The second-order valence-electron chi connectivity index (χ2n) is 7.07. The van der Waals surface area contributed by atoms with Gasteiger partial charge in [0.2, 0.25) is 5.91 Å². The third kappa shape index (κ3) is 5.04. The zero-order valence-electron chi connectivity index (χ0n) is 17.4. The van der Waals surface area contributed by atoms with Crippen molar-refractivity contribution < 1.29 is 9.59 Å². The minimum atomic E-state index is -0.180. The van der Waals surface area contributed by atoms with E-state index in [9.17, 15) is 9.59 Å². The summed E-state index contributed by atoms with van der Waals surface area (Å²) in [6.45, 7) is 10.6. The predicted molar refractivity (Wildman–Crippen MR) is 117 cm³/mol. The minimum Gasteiger partial charge on any atom is -0.372 e. The van der Waals surface area contributed by atoms with Crippen molar-refractivity contribution in [3.05, 3.63) is 48.2 Å². The van der Waals surface area contributed by atoms with E-state index >= 15 is 0 Å². The molecule has 0 aliphatic carbocycles. The number of pyridine rings is 1. The molecule has 7 nitrogen and oxygen atoms in total. The highest BCUT2D eigenvalue weighted by atomic mass is 16.2. The number of piperazine rings is 1. The van der Waals surface area contributed by atoms with Crippen LogP contribution in [0.1, 0.15) is 31.1 Å². The number of nitrogens with one attached hydrogen (secondary N) is 1. The molecule has 0 unspecified atom stereocenters. The van der Waals surface area contributed by atoms with Gasteiger partial charge in [0.25, 0.3) is 5.91 Å². The highest BCUT2D eigenvalue weighted by Crippen LogP contribution is 2.19. The number of aromatic nitrogens is 1. The van der Waals surface area contributed by atoms with E-state index in [1.807, 2.05) is 35.2 Å². The first-order valence-electron chi connectivity index (χ1n) is 10.1. The van der Waals surface area contributed by atoms with E-state index in [1.54, 1.807) is 19.2 Å². The van der Waals surface area contributed by atoms with Crippen LogP contribution >= 0.6 is 0 Å². The average Bonchev–Trinajstić information content (AvgIpc) is 2.76. The van der Waals surface area contributed by atoms with Gasteiger partial charge in [-0.3, -0.25) is 9.59 Å². The highest BCUT2D eigenvalue weighted by Gasteiger charge is 2.19. The maximum atomic E-state index is 12.5. The van der Waals surface area contributed by atoms with E-state index in [4.69, 9.17) is 0 Å². The lowest BCUT2D eigenvalue weighted by Crippen LogP contribution is -2.48. The van der Waals surface area contributed by atoms with Crippen LogP contribution in [0.5, 0.6) is 0 Å². The molecule has 0 saturated carbocycles. The highest BCUT2D eigenvalue weighted by molar-refractivity contribution is 6.04. The van der Waals surface area contributed by atoms with Gasteiger partial charge in [-0.1, -0.05) is 0 Å². The maximum Gasteiger partial charge on any atom is 0.257 e. The zero-order chi connectivity index (χ0) is 20.8. The summed E-state index contributed by atoms with van der Waals surface area (Å²) in [5, 5.41) is 2.92. The van der Waals surface area contributed by atoms with Gasteiger partial charge in [0.1, 0.15) is 5.82 Å². The van der Waals surface area contributed by atoms with Crippen molar-refractivity contribution >= 4 is 29.0 Å². The average molecular weight is 396 g/mol. The Labute approximate surface area is 172 Å². The molecule has 0 atom stereocenters. The van der Waals surface area contributed by atoms with E-state index in [-0.39, 0.29) is 11.8 Å². The van der Waals surface area contributed by atoms with Crippen molar-refractivity contribution in [1.82, 2.24) is 9.88 Å². The fourth-order valence-corrected chi connectivity index (χ4v) is 3.51. The second kappa shape index (κ2) is 9.41. The molecule has 1 saturated heterocycles. The molecule has 1 aliphatic rings. The Kier molecular flexibility index (Phi) is 6.69. The summed E-state index contributed by atoms with van der Waals surface area (Å²) in [6.07, 6.45) is 1.60. The predicted octanol–water partition coefficient (Wildman–Crippen LogP) is 2.85. The van der Waals surface area contributed by atoms with Gasteiger partial charge in [-0.25, -0.2) is 4.98 Å². The normalized spacial score (nSPS) is 13.9. The Morgan fingerprint density at radius 1 is 1.00 bits per heavy atom. The molecule has 1 fully saturated rings. The summed E-state index contributed by atoms with van der Waals surface area (Å²) < 4.78 is 0. The van der Waals surface area contributed by atoms with Crippen molar-refractivity contribution in [1.29, 1.82) is 0 Å². The summed E-state index contributed by atoms with van der Waals surface area (Å²) in [6, 6.07) is 11.5. The smallest absolute Gasteiger partial charge is 0.257 e. The number of carbonyl (C=O) groups excluding carboxylic acids is 2. The van der Waals surface area contributed by atoms with Crippen LogP contribution in [0.4, 0.5) is 17.2 Å². The van der Waals surface area contributed by atoms with Gasteiger partial charge in [0.15, 0.2) is 0 Å². The van der Waals surface area contributed by atoms with Gasteiger partial charge in [0, 0.05) is 63.8 Å². The lowest BCUT2D eigenvalue weighted by Gasteiger charge is -2.34. The largest absolute Gasteiger partial charge is 0.372 e. The zero-order valence-corrected chi connectivity index (χ0v) is 17.4. The van der Waals surface area contributed by atoms with E-state index in [0.29, 0.717) is 18.7 Å². The first-order chi connectivity index (χ1) is 14.0. The molecule has 7 heteroatoms. The van der Waals surface area contributed by atoms with Crippen LogP contribution in [0.3, 0.4) is 0 Å². The molecular formula is C22H29N5O2. The number of rotatable bonds is 6. The number of anilines is 3. The van der Waals surface area contributed by atoms with Crippen molar-refractivity contribution in [2.75, 3.05) is 54.4 Å². The van der Waals surface area contributed by atoms with Gasteiger partial charge >= 0.3 is 0 Å². The molecule has 0 radical (unpaired) electrons.